The van der Waals surface area contributed by atoms with Gasteiger partial charge in [-0.25, -0.2) is 8.78 Å². The molecule has 0 radical (unpaired) electrons. The zero-order valence-corrected chi connectivity index (χ0v) is 10.8. The Hall–Kier alpha value is -0.260. The zero-order chi connectivity index (χ0) is 12.6. The molecule has 2 fully saturated rings. The number of hydrogen-bond donors (Lipinski definition) is 0. The van der Waals surface area contributed by atoms with Crippen LogP contribution in [-0.2, 0) is 4.74 Å². The van der Waals surface area contributed by atoms with Crippen molar-refractivity contribution in [3.63, 3.8) is 0 Å². The topological polar surface area (TPSA) is 15.7 Å². The second kappa shape index (κ2) is 4.78. The van der Waals surface area contributed by atoms with E-state index < -0.39 is 5.92 Å². The van der Waals surface area contributed by atoms with E-state index >= 15 is 0 Å². The van der Waals surface area contributed by atoms with Crippen molar-refractivity contribution in [2.45, 2.75) is 44.9 Å². The molecular weight excluding hydrogens is 226 g/mol. The Morgan fingerprint density at radius 3 is 2.35 bits per heavy atom. The average molecular weight is 248 g/mol. The van der Waals surface area contributed by atoms with Crippen molar-refractivity contribution in [3.05, 3.63) is 0 Å². The van der Waals surface area contributed by atoms with E-state index in [0.717, 1.165) is 13.1 Å². The first-order chi connectivity index (χ1) is 7.89. The molecule has 2 rings (SSSR count). The summed E-state index contributed by atoms with van der Waals surface area (Å²) in [4.78, 5) is 4.16. The molecule has 2 unspecified atom stereocenters. The first-order valence-electron chi connectivity index (χ1n) is 6.36. The minimum absolute atomic E-state index is 0.0576. The summed E-state index contributed by atoms with van der Waals surface area (Å²) in [6.07, 6.45) is 0.0576. The summed E-state index contributed by atoms with van der Waals surface area (Å²) < 4.78 is 31.4. The molecule has 17 heavy (non-hydrogen) atoms. The van der Waals surface area contributed by atoms with Crippen molar-refractivity contribution in [2.24, 2.45) is 0 Å². The molecule has 100 valence electrons. The lowest BCUT2D eigenvalue weighted by Gasteiger charge is -2.47. The SMILES string of the molecule is CC(C)N1CCOC(C(C)N2CC(F)(F)C2)C1. The lowest BCUT2D eigenvalue weighted by Crippen LogP contribution is -2.64. The molecule has 0 aromatic rings. The van der Waals surface area contributed by atoms with Crippen molar-refractivity contribution in [2.75, 3.05) is 32.8 Å². The van der Waals surface area contributed by atoms with Crippen LogP contribution in [0.25, 0.3) is 0 Å². The highest BCUT2D eigenvalue weighted by Crippen LogP contribution is 2.30. The van der Waals surface area contributed by atoms with Crippen LogP contribution in [0, 0.1) is 0 Å². The Morgan fingerprint density at radius 2 is 1.82 bits per heavy atom. The molecule has 0 aromatic carbocycles. The van der Waals surface area contributed by atoms with E-state index in [4.69, 9.17) is 4.74 Å². The standard InChI is InChI=1S/C12H22F2N2O/c1-9(2)15-4-5-17-11(6-15)10(3)16-7-12(13,14)8-16/h9-11H,4-8H2,1-3H3. The van der Waals surface area contributed by atoms with E-state index in [1.165, 1.54) is 0 Å². The molecule has 2 aliphatic rings. The number of morpholine rings is 1. The van der Waals surface area contributed by atoms with Crippen molar-refractivity contribution < 1.29 is 13.5 Å². The van der Waals surface area contributed by atoms with Gasteiger partial charge < -0.3 is 4.74 Å². The third-order valence-electron chi connectivity index (χ3n) is 3.84. The molecule has 2 atom stereocenters. The van der Waals surface area contributed by atoms with Crippen molar-refractivity contribution in [1.82, 2.24) is 9.80 Å². The van der Waals surface area contributed by atoms with Gasteiger partial charge in [0.05, 0.1) is 25.8 Å². The Bertz CT molecular complexity index is 265. The van der Waals surface area contributed by atoms with Crippen molar-refractivity contribution in [1.29, 1.82) is 0 Å². The molecule has 0 bridgehead atoms. The van der Waals surface area contributed by atoms with E-state index in [1.54, 1.807) is 0 Å². The second-order valence-electron chi connectivity index (χ2n) is 5.50. The van der Waals surface area contributed by atoms with Crippen LogP contribution in [0.1, 0.15) is 20.8 Å². The van der Waals surface area contributed by atoms with Gasteiger partial charge in [0, 0.05) is 25.2 Å². The maximum Gasteiger partial charge on any atom is 0.272 e. The molecular formula is C12H22F2N2O. The van der Waals surface area contributed by atoms with Crippen LogP contribution < -0.4 is 0 Å². The van der Waals surface area contributed by atoms with Crippen LogP contribution in [0.4, 0.5) is 8.78 Å². The summed E-state index contributed by atoms with van der Waals surface area (Å²) in [7, 11) is 0. The van der Waals surface area contributed by atoms with E-state index in [2.05, 4.69) is 18.7 Å². The van der Waals surface area contributed by atoms with Gasteiger partial charge in [0.25, 0.3) is 5.92 Å². The van der Waals surface area contributed by atoms with Gasteiger partial charge in [-0.3, -0.25) is 9.80 Å². The number of likely N-dealkylation sites (tertiary alicyclic amines) is 1. The van der Waals surface area contributed by atoms with Gasteiger partial charge in [-0.05, 0) is 20.8 Å². The van der Waals surface area contributed by atoms with E-state index in [9.17, 15) is 8.78 Å². The van der Waals surface area contributed by atoms with E-state index in [-0.39, 0.29) is 25.2 Å². The molecule has 2 saturated heterocycles. The average Bonchev–Trinajstić information content (AvgIpc) is 2.25. The maximum absolute atomic E-state index is 12.8. The largest absolute Gasteiger partial charge is 0.374 e. The smallest absolute Gasteiger partial charge is 0.272 e. The van der Waals surface area contributed by atoms with Crippen LogP contribution in [0.3, 0.4) is 0 Å². The van der Waals surface area contributed by atoms with Crippen molar-refractivity contribution in [3.8, 4) is 0 Å². The molecule has 2 aliphatic heterocycles. The molecule has 0 saturated carbocycles. The van der Waals surface area contributed by atoms with E-state index in [1.807, 2.05) is 11.8 Å². The monoisotopic (exact) mass is 248 g/mol. The Labute approximate surface area is 102 Å². The van der Waals surface area contributed by atoms with Gasteiger partial charge in [-0.1, -0.05) is 0 Å². The zero-order valence-electron chi connectivity index (χ0n) is 10.8. The van der Waals surface area contributed by atoms with Gasteiger partial charge in [-0.2, -0.15) is 0 Å². The summed E-state index contributed by atoms with van der Waals surface area (Å²) in [6, 6.07) is 0.572. The molecule has 0 aliphatic carbocycles. The van der Waals surface area contributed by atoms with Crippen LogP contribution in [0.2, 0.25) is 0 Å². The lowest BCUT2D eigenvalue weighted by molar-refractivity contribution is -0.170. The fourth-order valence-electron chi connectivity index (χ4n) is 2.53. The van der Waals surface area contributed by atoms with Crippen LogP contribution in [0.15, 0.2) is 0 Å². The van der Waals surface area contributed by atoms with Gasteiger partial charge in [-0.15, -0.1) is 0 Å². The van der Waals surface area contributed by atoms with Crippen LogP contribution >= 0.6 is 0 Å². The third kappa shape index (κ3) is 2.95. The summed E-state index contributed by atoms with van der Waals surface area (Å²) in [5.41, 5.74) is 0. The molecule has 3 nitrogen and oxygen atoms in total. The molecule has 0 aromatic heterocycles. The van der Waals surface area contributed by atoms with Crippen molar-refractivity contribution >= 4 is 0 Å². The lowest BCUT2D eigenvalue weighted by atomic mass is 10.0. The third-order valence-corrected chi connectivity index (χ3v) is 3.84. The van der Waals surface area contributed by atoms with E-state index in [0.29, 0.717) is 12.6 Å². The molecule has 0 amide bonds. The minimum Gasteiger partial charge on any atom is -0.374 e. The highest BCUT2D eigenvalue weighted by molar-refractivity contribution is 4.94. The molecule has 0 N–H and O–H groups in total. The van der Waals surface area contributed by atoms with Crippen LogP contribution in [-0.4, -0.2) is 66.7 Å². The number of hydrogen-bond acceptors (Lipinski definition) is 3. The highest BCUT2D eigenvalue weighted by atomic mass is 19.3. The Balaban J connectivity index is 1.85. The normalized spacial score (nSPS) is 32.5. The second-order valence-corrected chi connectivity index (χ2v) is 5.50. The fraction of sp³-hybridized carbons (Fsp3) is 1.00. The van der Waals surface area contributed by atoms with Gasteiger partial charge >= 0.3 is 0 Å². The first kappa shape index (κ1) is 13.2. The summed E-state index contributed by atoms with van der Waals surface area (Å²) in [5, 5.41) is 0. The Morgan fingerprint density at radius 1 is 1.18 bits per heavy atom. The summed E-state index contributed by atoms with van der Waals surface area (Å²) in [6.45, 7) is 8.57. The van der Waals surface area contributed by atoms with Gasteiger partial charge in [0.2, 0.25) is 0 Å². The molecule has 2 heterocycles. The molecule has 5 heteroatoms. The highest BCUT2D eigenvalue weighted by Gasteiger charge is 2.47. The number of nitrogens with zero attached hydrogens (tertiary/aromatic N) is 2. The predicted octanol–water partition coefficient (Wildman–Crippen LogP) is 1.44. The number of alkyl halides is 2. The van der Waals surface area contributed by atoms with Crippen LogP contribution in [0.5, 0.6) is 0 Å². The quantitative estimate of drug-likeness (QED) is 0.751. The number of rotatable bonds is 3. The Kier molecular flexibility index (Phi) is 3.71. The van der Waals surface area contributed by atoms with Gasteiger partial charge in [0.1, 0.15) is 0 Å². The first-order valence-corrected chi connectivity index (χ1v) is 6.36. The predicted molar refractivity (Wildman–Crippen MR) is 62.4 cm³/mol. The van der Waals surface area contributed by atoms with Gasteiger partial charge in [0.15, 0.2) is 0 Å². The minimum atomic E-state index is -2.49. The molecule has 0 spiro atoms. The number of ether oxygens (including phenoxy) is 1. The number of halogens is 2. The maximum atomic E-state index is 12.8. The summed E-state index contributed by atoms with van der Waals surface area (Å²) in [5.74, 6) is -2.49. The fourth-order valence-corrected chi connectivity index (χ4v) is 2.53. The summed E-state index contributed by atoms with van der Waals surface area (Å²) >= 11 is 0.